The Morgan fingerprint density at radius 2 is 2.10 bits per heavy atom. The van der Waals surface area contributed by atoms with Gasteiger partial charge in [-0.3, -0.25) is 9.98 Å². The lowest BCUT2D eigenvalue weighted by Gasteiger charge is -2.34. The second-order valence-electron chi connectivity index (χ2n) is 7.04. The van der Waals surface area contributed by atoms with Gasteiger partial charge in [0.05, 0.1) is 19.3 Å². The molecular formula is C21H26N8O. The van der Waals surface area contributed by atoms with Crippen LogP contribution in [-0.2, 0) is 11.3 Å². The number of aryl methyl sites for hydroxylation is 1. The molecule has 4 heterocycles. The third-order valence-corrected chi connectivity index (χ3v) is 5.19. The lowest BCUT2D eigenvalue weighted by Crippen LogP contribution is -2.44. The van der Waals surface area contributed by atoms with E-state index in [4.69, 9.17) is 25.4 Å². The van der Waals surface area contributed by atoms with Crippen LogP contribution in [0.5, 0.6) is 0 Å². The fourth-order valence-electron chi connectivity index (χ4n) is 3.70. The topological polar surface area (TPSA) is 107 Å². The van der Waals surface area contributed by atoms with Gasteiger partial charge in [0.25, 0.3) is 0 Å². The molecule has 1 atom stereocenters. The highest BCUT2D eigenvalue weighted by atomic mass is 16.5. The van der Waals surface area contributed by atoms with Crippen molar-refractivity contribution in [2.45, 2.75) is 26.4 Å². The van der Waals surface area contributed by atoms with E-state index in [0.717, 1.165) is 34.9 Å². The van der Waals surface area contributed by atoms with Gasteiger partial charge in [-0.2, -0.15) is 0 Å². The van der Waals surface area contributed by atoms with Crippen LogP contribution in [0, 0.1) is 0 Å². The molecule has 4 rings (SSSR count). The van der Waals surface area contributed by atoms with E-state index in [2.05, 4.69) is 33.3 Å². The fraction of sp³-hybridized carbons (Fsp3) is 0.381. The number of nitrogens with two attached hydrogens (primary N) is 1. The minimum absolute atomic E-state index is 0.174. The molecule has 0 amide bonds. The molecule has 1 saturated heterocycles. The minimum Gasteiger partial charge on any atom is -0.405 e. The minimum atomic E-state index is 0.174. The van der Waals surface area contributed by atoms with Crippen molar-refractivity contribution in [2.24, 2.45) is 10.7 Å². The highest BCUT2D eigenvalue weighted by Crippen LogP contribution is 2.31. The van der Waals surface area contributed by atoms with Crippen LogP contribution < -0.4 is 10.6 Å². The van der Waals surface area contributed by atoms with Gasteiger partial charge in [0.1, 0.15) is 11.5 Å². The predicted molar refractivity (Wildman–Crippen MR) is 118 cm³/mol. The number of anilines is 1. The Kier molecular flexibility index (Phi) is 5.71. The molecule has 30 heavy (non-hydrogen) atoms. The molecule has 1 aliphatic rings. The number of aliphatic imine (C=N–C) groups is 1. The van der Waals surface area contributed by atoms with E-state index in [9.17, 15) is 0 Å². The maximum atomic E-state index is 5.63. The molecule has 9 heteroatoms. The number of hydrogen-bond donors (Lipinski definition) is 1. The van der Waals surface area contributed by atoms with E-state index in [1.54, 1.807) is 25.5 Å². The Balaban J connectivity index is 2.00. The number of nitrogens with zero attached hydrogens (tertiary/aromatic N) is 7. The number of morpholine rings is 1. The molecular weight excluding hydrogens is 380 g/mol. The summed E-state index contributed by atoms with van der Waals surface area (Å²) < 4.78 is 7.73. The lowest BCUT2D eigenvalue weighted by atomic mass is 10.2. The van der Waals surface area contributed by atoms with E-state index >= 15 is 0 Å². The summed E-state index contributed by atoms with van der Waals surface area (Å²) in [4.78, 5) is 25.4. The van der Waals surface area contributed by atoms with Gasteiger partial charge < -0.3 is 19.9 Å². The molecule has 0 spiro atoms. The number of aromatic nitrogens is 5. The molecule has 0 aliphatic carbocycles. The number of pyridine rings is 1. The molecule has 0 radical (unpaired) electrons. The largest absolute Gasteiger partial charge is 0.405 e. The van der Waals surface area contributed by atoms with Crippen molar-refractivity contribution in [2.75, 3.05) is 31.7 Å². The van der Waals surface area contributed by atoms with Gasteiger partial charge in [-0.1, -0.05) is 0 Å². The average Bonchev–Trinajstić information content (AvgIpc) is 3.16. The number of rotatable bonds is 5. The zero-order valence-electron chi connectivity index (χ0n) is 17.5. The van der Waals surface area contributed by atoms with Crippen LogP contribution in [0.4, 0.5) is 5.82 Å². The first-order valence-corrected chi connectivity index (χ1v) is 10.1. The summed E-state index contributed by atoms with van der Waals surface area (Å²) in [6.07, 6.45) is 6.70. The third-order valence-electron chi connectivity index (χ3n) is 5.19. The van der Waals surface area contributed by atoms with Gasteiger partial charge in [-0.15, -0.1) is 0 Å². The van der Waals surface area contributed by atoms with Crippen LogP contribution >= 0.6 is 0 Å². The predicted octanol–water partition coefficient (Wildman–Crippen LogP) is 2.02. The summed E-state index contributed by atoms with van der Waals surface area (Å²) in [5, 5.41) is 0. The second kappa shape index (κ2) is 8.58. The van der Waals surface area contributed by atoms with E-state index in [-0.39, 0.29) is 6.04 Å². The summed E-state index contributed by atoms with van der Waals surface area (Å²) in [7, 11) is 1.71. The van der Waals surface area contributed by atoms with Crippen LogP contribution in [0.2, 0.25) is 0 Å². The first-order valence-electron chi connectivity index (χ1n) is 10.1. The molecule has 3 aromatic heterocycles. The maximum absolute atomic E-state index is 5.63. The van der Waals surface area contributed by atoms with Crippen LogP contribution in [-0.4, -0.2) is 63.1 Å². The number of ether oxygens (including phenoxy) is 1. The molecule has 1 unspecified atom stereocenters. The van der Waals surface area contributed by atoms with Crippen molar-refractivity contribution >= 4 is 22.7 Å². The first-order chi connectivity index (χ1) is 14.7. The zero-order valence-corrected chi connectivity index (χ0v) is 17.5. The van der Waals surface area contributed by atoms with Crippen molar-refractivity contribution in [3.05, 3.63) is 42.6 Å². The Bertz CT molecular complexity index is 1090. The highest BCUT2D eigenvalue weighted by molar-refractivity contribution is 6.07. The third kappa shape index (κ3) is 3.52. The van der Waals surface area contributed by atoms with E-state index in [1.165, 1.54) is 6.20 Å². The monoisotopic (exact) mass is 406 g/mol. The van der Waals surface area contributed by atoms with Crippen LogP contribution in [0.3, 0.4) is 0 Å². The zero-order chi connectivity index (χ0) is 21.1. The Hall–Kier alpha value is -3.33. The molecule has 1 fully saturated rings. The van der Waals surface area contributed by atoms with Crippen molar-refractivity contribution in [3.8, 4) is 11.4 Å². The van der Waals surface area contributed by atoms with Gasteiger partial charge in [0.15, 0.2) is 22.8 Å². The van der Waals surface area contributed by atoms with Gasteiger partial charge in [-0.05, 0) is 38.3 Å². The van der Waals surface area contributed by atoms with Crippen molar-refractivity contribution < 1.29 is 4.74 Å². The molecule has 0 bridgehead atoms. The normalized spacial score (nSPS) is 17.9. The molecule has 156 valence electrons. The summed E-state index contributed by atoms with van der Waals surface area (Å²) in [6.45, 7) is 6.95. The SMILES string of the molecule is CCn1c(-c2ccncc2)nc2c(N3CCOCC3C)nc(C(/C=C\N)=NC)nc21. The summed E-state index contributed by atoms with van der Waals surface area (Å²) in [5.74, 6) is 2.16. The molecule has 0 saturated carbocycles. The number of hydrogen-bond acceptors (Lipinski definition) is 8. The smallest absolute Gasteiger partial charge is 0.181 e. The van der Waals surface area contributed by atoms with Crippen molar-refractivity contribution in [1.29, 1.82) is 0 Å². The molecule has 2 N–H and O–H groups in total. The summed E-state index contributed by atoms with van der Waals surface area (Å²) >= 11 is 0. The lowest BCUT2D eigenvalue weighted by molar-refractivity contribution is 0.0986. The molecule has 0 aromatic carbocycles. The van der Waals surface area contributed by atoms with E-state index in [1.807, 2.05) is 12.1 Å². The van der Waals surface area contributed by atoms with Gasteiger partial charge in [0.2, 0.25) is 0 Å². The van der Waals surface area contributed by atoms with E-state index in [0.29, 0.717) is 31.3 Å². The number of fused-ring (bicyclic) bond motifs is 1. The Morgan fingerprint density at radius 1 is 1.30 bits per heavy atom. The highest BCUT2D eigenvalue weighted by Gasteiger charge is 2.27. The molecule has 3 aromatic rings. The average molecular weight is 406 g/mol. The van der Waals surface area contributed by atoms with Crippen LogP contribution in [0.1, 0.15) is 19.7 Å². The Labute approximate surface area is 175 Å². The van der Waals surface area contributed by atoms with Gasteiger partial charge in [-0.25, -0.2) is 15.0 Å². The first kappa shape index (κ1) is 20.0. The molecule has 1 aliphatic heterocycles. The second-order valence-corrected chi connectivity index (χ2v) is 7.04. The van der Waals surface area contributed by atoms with Crippen LogP contribution in [0.25, 0.3) is 22.6 Å². The quantitative estimate of drug-likeness (QED) is 0.646. The van der Waals surface area contributed by atoms with Crippen LogP contribution in [0.15, 0.2) is 41.8 Å². The van der Waals surface area contributed by atoms with E-state index < -0.39 is 0 Å². The summed E-state index contributed by atoms with van der Waals surface area (Å²) in [6, 6.07) is 4.08. The number of imidazole rings is 1. The standard InChI is InChI=1S/C21H26N8O/c1-4-28-19(15-6-9-24-10-7-15)25-17-20(28)26-18(16(23-3)5-8-22)27-21(17)29-11-12-30-13-14(29)2/h5-10,14H,4,11-13,22H2,1-3H3/b8-5-,23-16?. The molecule has 9 nitrogen and oxygen atoms in total. The van der Waals surface area contributed by atoms with Crippen molar-refractivity contribution in [1.82, 2.24) is 24.5 Å². The van der Waals surface area contributed by atoms with Crippen molar-refractivity contribution in [3.63, 3.8) is 0 Å². The number of allylic oxidation sites excluding steroid dienone is 1. The summed E-state index contributed by atoms with van der Waals surface area (Å²) in [5.41, 5.74) is 8.78. The maximum Gasteiger partial charge on any atom is 0.181 e. The van der Waals surface area contributed by atoms with Gasteiger partial charge in [0, 0.05) is 38.1 Å². The fourth-order valence-corrected chi connectivity index (χ4v) is 3.70. The Morgan fingerprint density at radius 3 is 2.77 bits per heavy atom. The van der Waals surface area contributed by atoms with Gasteiger partial charge >= 0.3 is 0 Å².